The molecule has 2 heterocycles. The molecule has 0 bridgehead atoms. The molecule has 0 aliphatic carbocycles. The van der Waals surface area contributed by atoms with Crippen molar-refractivity contribution in [3.05, 3.63) is 18.2 Å². The van der Waals surface area contributed by atoms with Gasteiger partial charge in [-0.3, -0.25) is 0 Å². The number of aromatic nitrogens is 2. The third kappa shape index (κ3) is 1.23. The summed E-state index contributed by atoms with van der Waals surface area (Å²) in [5.41, 5.74) is -0.727. The number of nitrogens with zero attached hydrogens (tertiary/aromatic N) is 1. The Morgan fingerprint density at radius 2 is 2.17 bits per heavy atom. The van der Waals surface area contributed by atoms with Crippen molar-refractivity contribution >= 4 is 0 Å². The minimum atomic E-state index is -0.727. The van der Waals surface area contributed by atoms with Crippen molar-refractivity contribution in [1.29, 1.82) is 0 Å². The normalized spacial score (nSPS) is 22.4. The van der Waals surface area contributed by atoms with Crippen LogP contribution in [0.15, 0.2) is 12.4 Å². The fourth-order valence-corrected chi connectivity index (χ4v) is 1.60. The predicted molar refractivity (Wildman–Crippen MR) is 44.6 cm³/mol. The molecule has 66 valence electrons. The molecule has 0 aromatic carbocycles. The first-order chi connectivity index (χ1) is 5.81. The van der Waals surface area contributed by atoms with E-state index in [9.17, 15) is 5.11 Å². The number of aliphatic hydroxyl groups is 1. The third-order valence-electron chi connectivity index (χ3n) is 2.37. The molecule has 0 amide bonds. The van der Waals surface area contributed by atoms with Crippen LogP contribution in [-0.4, -0.2) is 28.2 Å². The minimum absolute atomic E-state index is 0.698. The standard InChI is InChI=1S/C8H13N3O/c12-8(1-3-9-4-2-8)7-10-5-6-11-7/h5-6,9,12H,1-4H2,(H,10,11). The minimum Gasteiger partial charge on any atom is -0.382 e. The molecule has 0 unspecified atom stereocenters. The first-order valence-electron chi connectivity index (χ1n) is 4.24. The van der Waals surface area contributed by atoms with Gasteiger partial charge in [0.05, 0.1) is 0 Å². The van der Waals surface area contributed by atoms with E-state index in [1.807, 2.05) is 0 Å². The lowest BCUT2D eigenvalue weighted by atomic mass is 9.92. The molecule has 12 heavy (non-hydrogen) atoms. The summed E-state index contributed by atoms with van der Waals surface area (Å²) in [7, 11) is 0. The van der Waals surface area contributed by atoms with Crippen molar-refractivity contribution in [1.82, 2.24) is 15.3 Å². The highest BCUT2D eigenvalue weighted by atomic mass is 16.3. The molecule has 0 spiro atoms. The van der Waals surface area contributed by atoms with Crippen LogP contribution in [0.1, 0.15) is 18.7 Å². The van der Waals surface area contributed by atoms with Crippen molar-refractivity contribution in [3.63, 3.8) is 0 Å². The van der Waals surface area contributed by atoms with Gasteiger partial charge in [-0.05, 0) is 25.9 Å². The molecule has 0 saturated carbocycles. The largest absolute Gasteiger partial charge is 0.382 e. The van der Waals surface area contributed by atoms with E-state index < -0.39 is 5.60 Å². The van der Waals surface area contributed by atoms with Gasteiger partial charge in [0, 0.05) is 12.4 Å². The van der Waals surface area contributed by atoms with Crippen molar-refractivity contribution in [2.24, 2.45) is 0 Å². The molecule has 1 aromatic heterocycles. The van der Waals surface area contributed by atoms with E-state index >= 15 is 0 Å². The van der Waals surface area contributed by atoms with Crippen LogP contribution in [0.3, 0.4) is 0 Å². The molecule has 0 atom stereocenters. The number of rotatable bonds is 1. The number of H-pyrrole nitrogens is 1. The van der Waals surface area contributed by atoms with E-state index in [2.05, 4.69) is 15.3 Å². The van der Waals surface area contributed by atoms with Gasteiger partial charge in [0.1, 0.15) is 11.4 Å². The highest BCUT2D eigenvalue weighted by molar-refractivity contribution is 5.03. The molecule has 1 aliphatic rings. The second kappa shape index (κ2) is 2.88. The zero-order chi connectivity index (χ0) is 8.44. The van der Waals surface area contributed by atoms with Crippen LogP contribution in [-0.2, 0) is 5.60 Å². The molecule has 4 heteroatoms. The Hall–Kier alpha value is -0.870. The summed E-state index contributed by atoms with van der Waals surface area (Å²) < 4.78 is 0. The average molecular weight is 167 g/mol. The van der Waals surface area contributed by atoms with E-state index in [1.165, 1.54) is 0 Å². The van der Waals surface area contributed by atoms with Crippen molar-refractivity contribution in [2.45, 2.75) is 18.4 Å². The van der Waals surface area contributed by atoms with Gasteiger partial charge < -0.3 is 15.4 Å². The van der Waals surface area contributed by atoms with Crippen LogP contribution in [0.2, 0.25) is 0 Å². The summed E-state index contributed by atoms with van der Waals surface area (Å²) in [6, 6.07) is 0. The fourth-order valence-electron chi connectivity index (χ4n) is 1.60. The van der Waals surface area contributed by atoms with Crippen LogP contribution in [0.4, 0.5) is 0 Å². The summed E-state index contributed by atoms with van der Waals surface area (Å²) in [5.74, 6) is 0.698. The molecule has 3 N–H and O–H groups in total. The number of piperidine rings is 1. The molecule has 1 aromatic rings. The fraction of sp³-hybridized carbons (Fsp3) is 0.625. The number of imidazole rings is 1. The molecule has 4 nitrogen and oxygen atoms in total. The Balaban J connectivity index is 2.19. The third-order valence-corrected chi connectivity index (χ3v) is 2.37. The number of hydrogen-bond donors (Lipinski definition) is 3. The quantitative estimate of drug-likeness (QED) is 0.551. The first kappa shape index (κ1) is 7.76. The first-order valence-corrected chi connectivity index (χ1v) is 4.24. The van der Waals surface area contributed by atoms with Crippen LogP contribution in [0, 0.1) is 0 Å². The van der Waals surface area contributed by atoms with Gasteiger partial charge in [-0.2, -0.15) is 0 Å². The Kier molecular flexibility index (Phi) is 1.86. The maximum absolute atomic E-state index is 10.1. The van der Waals surface area contributed by atoms with Gasteiger partial charge in [0.25, 0.3) is 0 Å². The smallest absolute Gasteiger partial charge is 0.138 e. The van der Waals surface area contributed by atoms with E-state index in [0.29, 0.717) is 5.82 Å². The lowest BCUT2D eigenvalue weighted by Crippen LogP contribution is -2.40. The zero-order valence-corrected chi connectivity index (χ0v) is 6.88. The Bertz CT molecular complexity index is 239. The number of nitrogens with one attached hydrogen (secondary N) is 2. The van der Waals surface area contributed by atoms with Gasteiger partial charge >= 0.3 is 0 Å². The molecule has 1 aliphatic heterocycles. The summed E-state index contributed by atoms with van der Waals surface area (Å²) in [6.07, 6.45) is 4.89. The number of aromatic amines is 1. The maximum atomic E-state index is 10.1. The van der Waals surface area contributed by atoms with Crippen LogP contribution in [0.25, 0.3) is 0 Å². The van der Waals surface area contributed by atoms with Gasteiger partial charge in [-0.25, -0.2) is 4.98 Å². The summed E-state index contributed by atoms with van der Waals surface area (Å²) in [4.78, 5) is 7.04. The van der Waals surface area contributed by atoms with Gasteiger partial charge in [-0.1, -0.05) is 0 Å². The number of hydrogen-bond acceptors (Lipinski definition) is 3. The zero-order valence-electron chi connectivity index (χ0n) is 6.88. The van der Waals surface area contributed by atoms with Crippen LogP contribution in [0.5, 0.6) is 0 Å². The Morgan fingerprint density at radius 3 is 2.75 bits per heavy atom. The average Bonchev–Trinajstić information content (AvgIpc) is 2.58. The maximum Gasteiger partial charge on any atom is 0.138 e. The lowest BCUT2D eigenvalue weighted by molar-refractivity contribution is -0.00174. The lowest BCUT2D eigenvalue weighted by Gasteiger charge is -2.30. The highest BCUT2D eigenvalue weighted by Gasteiger charge is 2.33. The van der Waals surface area contributed by atoms with Crippen LogP contribution < -0.4 is 5.32 Å². The van der Waals surface area contributed by atoms with Gasteiger partial charge in [0.2, 0.25) is 0 Å². The van der Waals surface area contributed by atoms with Crippen LogP contribution >= 0.6 is 0 Å². The van der Waals surface area contributed by atoms with Gasteiger partial charge in [-0.15, -0.1) is 0 Å². The highest BCUT2D eigenvalue weighted by Crippen LogP contribution is 2.26. The molecule has 0 radical (unpaired) electrons. The monoisotopic (exact) mass is 167 g/mol. The molecule has 2 rings (SSSR count). The summed E-state index contributed by atoms with van der Waals surface area (Å²) >= 11 is 0. The second-order valence-electron chi connectivity index (χ2n) is 3.22. The van der Waals surface area contributed by atoms with E-state index in [4.69, 9.17) is 0 Å². The predicted octanol–water partition coefficient (Wildman–Crippen LogP) is -0.0193. The molecule has 1 fully saturated rings. The topological polar surface area (TPSA) is 60.9 Å². The van der Waals surface area contributed by atoms with Crippen molar-refractivity contribution in [3.8, 4) is 0 Å². The van der Waals surface area contributed by atoms with Gasteiger partial charge in [0.15, 0.2) is 0 Å². The summed E-state index contributed by atoms with van der Waals surface area (Å²) in [6.45, 7) is 1.72. The molecular weight excluding hydrogens is 154 g/mol. The van der Waals surface area contributed by atoms with Crippen molar-refractivity contribution < 1.29 is 5.11 Å². The van der Waals surface area contributed by atoms with E-state index in [-0.39, 0.29) is 0 Å². The second-order valence-corrected chi connectivity index (χ2v) is 3.22. The SMILES string of the molecule is OC1(c2ncc[nH]2)CCNCC1. The molecular formula is C8H13N3O. The Labute approximate surface area is 71.0 Å². The van der Waals surface area contributed by atoms with Crippen molar-refractivity contribution in [2.75, 3.05) is 13.1 Å². The molecule has 1 saturated heterocycles. The summed E-state index contributed by atoms with van der Waals surface area (Å²) in [5, 5.41) is 13.3. The Morgan fingerprint density at radius 1 is 1.42 bits per heavy atom. The van der Waals surface area contributed by atoms with E-state index in [1.54, 1.807) is 12.4 Å². The van der Waals surface area contributed by atoms with E-state index in [0.717, 1.165) is 25.9 Å².